The summed E-state index contributed by atoms with van der Waals surface area (Å²) < 4.78 is -0.318. The van der Waals surface area contributed by atoms with Crippen LogP contribution in [-0.2, 0) is 15.1 Å². The van der Waals surface area contributed by atoms with Crippen LogP contribution >= 0.6 is 34.8 Å². The highest BCUT2D eigenvalue weighted by molar-refractivity contribution is 6.66. The Labute approximate surface area is 118 Å². The van der Waals surface area contributed by atoms with Gasteiger partial charge in [-0.2, -0.15) is 0 Å². The van der Waals surface area contributed by atoms with E-state index in [1.165, 1.54) is 4.57 Å². The quantitative estimate of drug-likeness (QED) is 0.656. The molecular formula is C10H9Cl3N4O. The van der Waals surface area contributed by atoms with Gasteiger partial charge in [-0.15, -0.1) is 0 Å². The monoisotopic (exact) mass is 306 g/mol. The molecular weight excluding hydrogens is 298 g/mol. The van der Waals surface area contributed by atoms with E-state index < -0.39 is 9.70 Å². The fourth-order valence-corrected chi connectivity index (χ4v) is 2.13. The van der Waals surface area contributed by atoms with Crippen molar-refractivity contribution in [1.29, 1.82) is 0 Å². The summed E-state index contributed by atoms with van der Waals surface area (Å²) in [6.45, 7) is -0.136. The maximum Gasteiger partial charge on any atom is 0.248 e. The Balaban J connectivity index is 2.76. The minimum atomic E-state index is -1.76. The van der Waals surface area contributed by atoms with E-state index in [0.717, 1.165) is 0 Å². The largest absolute Gasteiger partial charge is 0.397 e. The Morgan fingerprint density at radius 1 is 1.39 bits per heavy atom. The van der Waals surface area contributed by atoms with Crippen molar-refractivity contribution in [3.8, 4) is 0 Å². The lowest BCUT2D eigenvalue weighted by Crippen LogP contribution is -2.22. The Bertz CT molecular complexity index is 617. The fourth-order valence-electron chi connectivity index (χ4n) is 1.70. The first kappa shape index (κ1) is 13.3. The van der Waals surface area contributed by atoms with Crippen LogP contribution in [0.25, 0.3) is 11.0 Å². The van der Waals surface area contributed by atoms with Gasteiger partial charge in [0.25, 0.3) is 0 Å². The highest BCUT2D eigenvalue weighted by atomic mass is 35.6. The molecule has 0 saturated heterocycles. The van der Waals surface area contributed by atoms with E-state index in [2.05, 4.69) is 4.98 Å². The number of hydrogen-bond donors (Lipinski definition) is 2. The molecule has 0 fully saturated rings. The lowest BCUT2D eigenvalue weighted by Gasteiger charge is -2.12. The predicted molar refractivity (Wildman–Crippen MR) is 72.6 cm³/mol. The van der Waals surface area contributed by atoms with Gasteiger partial charge in [-0.05, 0) is 12.1 Å². The Morgan fingerprint density at radius 2 is 2.06 bits per heavy atom. The molecule has 1 amide bonds. The molecule has 0 aliphatic heterocycles. The molecule has 5 nitrogen and oxygen atoms in total. The number of amides is 1. The highest BCUT2D eigenvalue weighted by Gasteiger charge is 2.31. The minimum Gasteiger partial charge on any atom is -0.397 e. The number of nitrogens with two attached hydrogens (primary N) is 2. The average molecular weight is 308 g/mol. The second-order valence-corrected chi connectivity index (χ2v) is 5.98. The van der Waals surface area contributed by atoms with Gasteiger partial charge in [-0.25, -0.2) is 4.98 Å². The highest BCUT2D eigenvalue weighted by Crippen LogP contribution is 2.39. The predicted octanol–water partition coefficient (Wildman–Crippen LogP) is 1.93. The number of aromatic nitrogens is 2. The Hall–Kier alpha value is -1.17. The second kappa shape index (κ2) is 4.50. The molecule has 0 aliphatic rings. The summed E-state index contributed by atoms with van der Waals surface area (Å²) >= 11 is 17.5. The van der Waals surface area contributed by atoms with E-state index in [-0.39, 0.29) is 12.4 Å². The number of anilines is 1. The number of alkyl halides is 3. The number of rotatable bonds is 2. The molecule has 0 aliphatic carbocycles. The molecule has 0 radical (unpaired) electrons. The standard InChI is InChI=1S/C10H9Cl3N4O/c11-10(12,13)9-16-8-5(14)2-1-3-6(8)17(9)4-7(15)18/h1-3H,4,14H2,(H2,15,18). The summed E-state index contributed by atoms with van der Waals surface area (Å²) in [5, 5.41) is 0. The van der Waals surface area contributed by atoms with Gasteiger partial charge in [0.15, 0.2) is 5.82 Å². The molecule has 1 heterocycles. The number of nitrogens with zero attached hydrogens (tertiary/aromatic N) is 2. The van der Waals surface area contributed by atoms with E-state index in [9.17, 15) is 4.79 Å². The van der Waals surface area contributed by atoms with Gasteiger partial charge in [0.05, 0.1) is 11.2 Å². The summed E-state index contributed by atoms with van der Waals surface area (Å²) in [7, 11) is 0. The number of nitrogen functional groups attached to an aromatic ring is 1. The molecule has 0 bridgehead atoms. The lowest BCUT2D eigenvalue weighted by molar-refractivity contribution is -0.118. The van der Waals surface area contributed by atoms with Crippen LogP contribution in [0.5, 0.6) is 0 Å². The fraction of sp³-hybridized carbons (Fsp3) is 0.200. The zero-order valence-electron chi connectivity index (χ0n) is 9.03. The van der Waals surface area contributed by atoms with Crippen LogP contribution in [0.3, 0.4) is 0 Å². The van der Waals surface area contributed by atoms with E-state index in [4.69, 9.17) is 46.3 Å². The van der Waals surface area contributed by atoms with Crippen molar-refractivity contribution in [3.63, 3.8) is 0 Å². The topological polar surface area (TPSA) is 86.9 Å². The summed E-state index contributed by atoms with van der Waals surface area (Å²) in [6.07, 6.45) is 0. The van der Waals surface area contributed by atoms with Crippen LogP contribution in [0.4, 0.5) is 5.69 Å². The molecule has 8 heteroatoms. The molecule has 0 spiro atoms. The third kappa shape index (κ3) is 2.34. The van der Waals surface area contributed by atoms with Crippen molar-refractivity contribution in [1.82, 2.24) is 9.55 Å². The number of imidazole rings is 1. The number of benzene rings is 1. The van der Waals surface area contributed by atoms with Gasteiger partial charge in [0.1, 0.15) is 12.1 Å². The zero-order chi connectivity index (χ0) is 13.5. The summed E-state index contributed by atoms with van der Waals surface area (Å²) in [4.78, 5) is 15.3. The van der Waals surface area contributed by atoms with Crippen LogP contribution in [0, 0.1) is 0 Å². The van der Waals surface area contributed by atoms with Crippen LogP contribution in [-0.4, -0.2) is 15.5 Å². The number of primary amides is 1. The third-order valence-electron chi connectivity index (χ3n) is 2.38. The number of carbonyl (C=O) groups is 1. The van der Waals surface area contributed by atoms with Crippen molar-refractivity contribution in [2.45, 2.75) is 10.3 Å². The average Bonchev–Trinajstić information content (AvgIpc) is 2.57. The smallest absolute Gasteiger partial charge is 0.248 e. The zero-order valence-corrected chi connectivity index (χ0v) is 11.3. The van der Waals surface area contributed by atoms with E-state index in [1.807, 2.05) is 0 Å². The minimum absolute atomic E-state index is 0.110. The summed E-state index contributed by atoms with van der Waals surface area (Å²) in [5.41, 5.74) is 12.5. The SMILES string of the molecule is NC(=O)Cn1c(C(Cl)(Cl)Cl)nc2c(N)cccc21. The van der Waals surface area contributed by atoms with Gasteiger partial charge in [0, 0.05) is 0 Å². The maximum absolute atomic E-state index is 11.1. The van der Waals surface area contributed by atoms with Gasteiger partial charge >= 0.3 is 0 Å². The molecule has 0 atom stereocenters. The van der Waals surface area contributed by atoms with Crippen LogP contribution < -0.4 is 11.5 Å². The third-order valence-corrected chi connectivity index (χ3v) is 2.88. The first-order valence-electron chi connectivity index (χ1n) is 4.91. The molecule has 1 aromatic carbocycles. The Morgan fingerprint density at radius 3 is 2.61 bits per heavy atom. The normalized spacial score (nSPS) is 11.9. The van der Waals surface area contributed by atoms with E-state index in [0.29, 0.717) is 16.7 Å². The van der Waals surface area contributed by atoms with Crippen molar-refractivity contribution >= 4 is 57.4 Å². The number of para-hydroxylation sites is 1. The number of halogens is 3. The van der Waals surface area contributed by atoms with Crippen LogP contribution in [0.1, 0.15) is 5.82 Å². The van der Waals surface area contributed by atoms with Crippen LogP contribution in [0.2, 0.25) is 0 Å². The van der Waals surface area contributed by atoms with E-state index in [1.54, 1.807) is 18.2 Å². The van der Waals surface area contributed by atoms with Crippen molar-refractivity contribution in [3.05, 3.63) is 24.0 Å². The molecule has 1 aromatic heterocycles. The van der Waals surface area contributed by atoms with Crippen molar-refractivity contribution < 1.29 is 4.79 Å². The summed E-state index contributed by atoms with van der Waals surface area (Å²) in [5.74, 6) is -0.452. The van der Waals surface area contributed by atoms with Gasteiger partial charge in [-0.3, -0.25) is 4.79 Å². The molecule has 0 saturated carbocycles. The maximum atomic E-state index is 11.1. The number of fused-ring (bicyclic) bond motifs is 1. The molecule has 2 aromatic rings. The molecule has 18 heavy (non-hydrogen) atoms. The number of hydrogen-bond acceptors (Lipinski definition) is 3. The summed E-state index contributed by atoms with van der Waals surface area (Å²) in [6, 6.07) is 5.12. The van der Waals surface area contributed by atoms with E-state index >= 15 is 0 Å². The van der Waals surface area contributed by atoms with Gasteiger partial charge in [-0.1, -0.05) is 40.9 Å². The molecule has 96 valence electrons. The first-order valence-corrected chi connectivity index (χ1v) is 6.04. The molecule has 0 unspecified atom stereocenters. The van der Waals surface area contributed by atoms with Gasteiger partial charge in [0.2, 0.25) is 9.70 Å². The molecule has 4 N–H and O–H groups in total. The number of carbonyl (C=O) groups excluding carboxylic acids is 1. The van der Waals surface area contributed by atoms with Crippen molar-refractivity contribution in [2.24, 2.45) is 5.73 Å². The van der Waals surface area contributed by atoms with Crippen LogP contribution in [0.15, 0.2) is 18.2 Å². The van der Waals surface area contributed by atoms with Crippen molar-refractivity contribution in [2.75, 3.05) is 5.73 Å². The lowest BCUT2D eigenvalue weighted by atomic mass is 10.3. The molecule has 2 rings (SSSR count). The Kier molecular flexibility index (Phi) is 3.31. The second-order valence-electron chi connectivity index (χ2n) is 3.70. The van der Waals surface area contributed by atoms with Gasteiger partial charge < -0.3 is 16.0 Å². The first-order chi connectivity index (χ1) is 8.30.